The predicted octanol–water partition coefficient (Wildman–Crippen LogP) is 5.90. The molecule has 0 bridgehead atoms. The van der Waals surface area contributed by atoms with Crippen molar-refractivity contribution in [3.63, 3.8) is 0 Å². The fourth-order valence-electron chi connectivity index (χ4n) is 3.96. The number of non-ortho nitro benzene ring substituents is 1. The SMILES string of the molecule is O=C(c1ccc2c(c1)CCCC2)N(/N=C/c1ccc([N+](=O)[O-])cc1)c1nc2ccc(F)cc2s1. The van der Waals surface area contributed by atoms with E-state index in [1.54, 1.807) is 24.3 Å². The third-order valence-corrected chi connectivity index (χ3v) is 6.73. The Hall–Kier alpha value is -3.98. The Morgan fingerprint density at radius 3 is 2.59 bits per heavy atom. The number of amides is 1. The van der Waals surface area contributed by atoms with Crippen LogP contribution in [0.3, 0.4) is 0 Å². The highest BCUT2D eigenvalue weighted by molar-refractivity contribution is 7.22. The van der Waals surface area contributed by atoms with Gasteiger partial charge in [-0.3, -0.25) is 14.9 Å². The predicted molar refractivity (Wildman–Crippen MR) is 130 cm³/mol. The number of aromatic nitrogens is 1. The number of hydrazone groups is 1. The molecule has 0 aliphatic heterocycles. The maximum Gasteiger partial charge on any atom is 0.280 e. The molecule has 0 saturated carbocycles. The van der Waals surface area contributed by atoms with Crippen LogP contribution in [-0.4, -0.2) is 22.0 Å². The lowest BCUT2D eigenvalue weighted by Crippen LogP contribution is -2.26. The molecule has 1 amide bonds. The van der Waals surface area contributed by atoms with Crippen molar-refractivity contribution in [2.24, 2.45) is 5.10 Å². The number of hydrogen-bond acceptors (Lipinski definition) is 6. The highest BCUT2D eigenvalue weighted by Gasteiger charge is 2.23. The summed E-state index contributed by atoms with van der Waals surface area (Å²) in [6, 6.07) is 15.8. The summed E-state index contributed by atoms with van der Waals surface area (Å²) in [7, 11) is 0. The van der Waals surface area contributed by atoms with Crippen LogP contribution in [0.2, 0.25) is 0 Å². The van der Waals surface area contributed by atoms with E-state index in [2.05, 4.69) is 10.1 Å². The molecule has 0 spiro atoms. The number of benzene rings is 3. The zero-order valence-corrected chi connectivity index (χ0v) is 18.8. The molecule has 0 unspecified atom stereocenters. The standard InChI is InChI=1S/C25H19FN4O3S/c26-20-9-12-22-23(14-20)34-25(28-22)29(27-15-16-5-10-21(11-6-16)30(32)33)24(31)19-8-7-17-3-1-2-4-18(17)13-19/h5-15H,1-4H2/b27-15+. The van der Waals surface area contributed by atoms with E-state index in [0.29, 0.717) is 26.5 Å². The fraction of sp³-hybridized carbons (Fsp3) is 0.160. The molecule has 1 heterocycles. The molecule has 5 rings (SSSR count). The Bertz CT molecular complexity index is 1430. The Labute approximate surface area is 198 Å². The molecule has 0 saturated heterocycles. The van der Waals surface area contributed by atoms with Crippen LogP contribution in [0, 0.1) is 15.9 Å². The molecule has 0 fully saturated rings. The van der Waals surface area contributed by atoms with Gasteiger partial charge < -0.3 is 0 Å². The van der Waals surface area contributed by atoms with Crippen molar-refractivity contribution in [3.05, 3.63) is 98.8 Å². The summed E-state index contributed by atoms with van der Waals surface area (Å²) in [5.74, 6) is -0.740. The first kappa shape index (κ1) is 21.8. The first-order valence-electron chi connectivity index (χ1n) is 10.8. The van der Waals surface area contributed by atoms with Gasteiger partial charge in [0.15, 0.2) is 0 Å². The first-order chi connectivity index (χ1) is 16.5. The molecule has 1 aliphatic rings. The molecule has 34 heavy (non-hydrogen) atoms. The molecule has 170 valence electrons. The maximum absolute atomic E-state index is 13.7. The van der Waals surface area contributed by atoms with E-state index in [4.69, 9.17) is 0 Å². The molecule has 7 nitrogen and oxygen atoms in total. The summed E-state index contributed by atoms with van der Waals surface area (Å²) in [6.07, 6.45) is 5.63. The number of nitrogens with zero attached hydrogens (tertiary/aromatic N) is 4. The summed E-state index contributed by atoms with van der Waals surface area (Å²) < 4.78 is 14.3. The van der Waals surface area contributed by atoms with Crippen molar-refractivity contribution in [2.45, 2.75) is 25.7 Å². The lowest BCUT2D eigenvalue weighted by atomic mass is 9.90. The van der Waals surface area contributed by atoms with Gasteiger partial charge in [-0.1, -0.05) is 17.4 Å². The number of rotatable bonds is 5. The molecule has 9 heteroatoms. The van der Waals surface area contributed by atoms with Gasteiger partial charge in [0.2, 0.25) is 5.13 Å². The van der Waals surface area contributed by atoms with Gasteiger partial charge in [-0.25, -0.2) is 9.37 Å². The topological polar surface area (TPSA) is 88.7 Å². The first-order valence-corrected chi connectivity index (χ1v) is 11.6. The highest BCUT2D eigenvalue weighted by atomic mass is 32.1. The smallest absolute Gasteiger partial charge is 0.267 e. The minimum atomic E-state index is -0.479. The largest absolute Gasteiger partial charge is 0.280 e. The van der Waals surface area contributed by atoms with Crippen LogP contribution in [0.4, 0.5) is 15.2 Å². The number of aryl methyl sites for hydroxylation is 2. The lowest BCUT2D eigenvalue weighted by molar-refractivity contribution is -0.384. The molecule has 0 atom stereocenters. The molecule has 0 radical (unpaired) electrons. The van der Waals surface area contributed by atoms with E-state index in [1.165, 1.54) is 46.6 Å². The second-order valence-corrected chi connectivity index (χ2v) is 9.02. The fourth-order valence-corrected chi connectivity index (χ4v) is 4.91. The van der Waals surface area contributed by atoms with Gasteiger partial charge in [0, 0.05) is 17.7 Å². The molecular weight excluding hydrogens is 455 g/mol. The van der Waals surface area contributed by atoms with Crippen molar-refractivity contribution in [1.82, 2.24) is 4.98 Å². The van der Waals surface area contributed by atoms with Gasteiger partial charge in [0.1, 0.15) is 5.82 Å². The van der Waals surface area contributed by atoms with Gasteiger partial charge >= 0.3 is 0 Å². The number of halogens is 1. The zero-order valence-electron chi connectivity index (χ0n) is 18.0. The monoisotopic (exact) mass is 474 g/mol. The summed E-state index contributed by atoms with van der Waals surface area (Å²) in [5, 5.41) is 16.8. The molecule has 1 aromatic heterocycles. The van der Waals surface area contributed by atoms with Crippen LogP contribution in [0.25, 0.3) is 10.2 Å². The number of anilines is 1. The average molecular weight is 475 g/mol. The van der Waals surface area contributed by atoms with Crippen molar-refractivity contribution in [3.8, 4) is 0 Å². The van der Waals surface area contributed by atoms with Gasteiger partial charge in [-0.2, -0.15) is 10.1 Å². The van der Waals surface area contributed by atoms with Crippen LogP contribution in [-0.2, 0) is 12.8 Å². The van der Waals surface area contributed by atoms with Crippen molar-refractivity contribution >= 4 is 44.5 Å². The van der Waals surface area contributed by atoms with Gasteiger partial charge in [0.25, 0.3) is 11.6 Å². The summed E-state index contributed by atoms with van der Waals surface area (Å²) in [6.45, 7) is 0. The van der Waals surface area contributed by atoms with Crippen LogP contribution in [0.15, 0.2) is 65.8 Å². The number of fused-ring (bicyclic) bond motifs is 2. The maximum atomic E-state index is 13.7. The van der Waals surface area contributed by atoms with Gasteiger partial charge in [-0.05, 0) is 84.8 Å². The second kappa shape index (κ2) is 9.11. The minimum absolute atomic E-state index is 0.0349. The Morgan fingerprint density at radius 1 is 1.06 bits per heavy atom. The molecule has 1 aliphatic carbocycles. The molecule has 4 aromatic rings. The number of nitro groups is 1. The minimum Gasteiger partial charge on any atom is -0.267 e. The third kappa shape index (κ3) is 4.42. The van der Waals surface area contributed by atoms with E-state index >= 15 is 0 Å². The Kier molecular flexibility index (Phi) is 5.85. The highest BCUT2D eigenvalue weighted by Crippen LogP contribution is 2.31. The number of thiazole rings is 1. The summed E-state index contributed by atoms with van der Waals surface area (Å²) in [5.41, 5.74) is 4.04. The van der Waals surface area contributed by atoms with Crippen LogP contribution < -0.4 is 5.01 Å². The number of carbonyl (C=O) groups is 1. The summed E-state index contributed by atoms with van der Waals surface area (Å²) >= 11 is 1.16. The Balaban J connectivity index is 1.53. The molecular formula is C25H19FN4O3S. The average Bonchev–Trinajstić information content (AvgIpc) is 3.26. The zero-order chi connectivity index (χ0) is 23.7. The van der Waals surface area contributed by atoms with E-state index in [-0.39, 0.29) is 17.4 Å². The van der Waals surface area contributed by atoms with Gasteiger partial charge in [-0.15, -0.1) is 0 Å². The number of hydrogen-bond donors (Lipinski definition) is 0. The van der Waals surface area contributed by atoms with Crippen molar-refractivity contribution < 1.29 is 14.1 Å². The second-order valence-electron chi connectivity index (χ2n) is 8.01. The Morgan fingerprint density at radius 2 is 1.82 bits per heavy atom. The normalized spacial score (nSPS) is 13.2. The van der Waals surface area contributed by atoms with Gasteiger partial charge in [0.05, 0.1) is 21.4 Å². The van der Waals surface area contributed by atoms with E-state index in [0.717, 1.165) is 37.0 Å². The van der Waals surface area contributed by atoms with E-state index < -0.39 is 4.92 Å². The molecule has 0 N–H and O–H groups in total. The summed E-state index contributed by atoms with van der Waals surface area (Å²) in [4.78, 5) is 28.5. The number of nitro benzene ring substituents is 1. The van der Waals surface area contributed by atoms with Crippen LogP contribution >= 0.6 is 11.3 Å². The van der Waals surface area contributed by atoms with E-state index in [1.807, 2.05) is 12.1 Å². The van der Waals surface area contributed by atoms with Crippen molar-refractivity contribution in [2.75, 3.05) is 5.01 Å². The van der Waals surface area contributed by atoms with Crippen LogP contribution in [0.1, 0.15) is 39.9 Å². The molecule has 3 aromatic carbocycles. The third-order valence-electron chi connectivity index (χ3n) is 5.73. The van der Waals surface area contributed by atoms with Crippen molar-refractivity contribution in [1.29, 1.82) is 0 Å². The quantitative estimate of drug-likeness (QED) is 0.205. The van der Waals surface area contributed by atoms with E-state index in [9.17, 15) is 19.3 Å². The lowest BCUT2D eigenvalue weighted by Gasteiger charge is -2.18. The van der Waals surface area contributed by atoms with Crippen LogP contribution in [0.5, 0.6) is 0 Å². The number of carbonyl (C=O) groups excluding carboxylic acids is 1.